The summed E-state index contributed by atoms with van der Waals surface area (Å²) in [7, 11) is 0. The summed E-state index contributed by atoms with van der Waals surface area (Å²) in [4.78, 5) is 14.9. The molecule has 0 radical (unpaired) electrons. The highest BCUT2D eigenvalue weighted by Crippen LogP contribution is 2.40. The van der Waals surface area contributed by atoms with Gasteiger partial charge in [0.1, 0.15) is 0 Å². The van der Waals surface area contributed by atoms with E-state index in [9.17, 15) is 4.79 Å². The summed E-state index contributed by atoms with van der Waals surface area (Å²) >= 11 is 6.21. The molecule has 0 aromatic heterocycles. The Balaban J connectivity index is 1.44. The Morgan fingerprint density at radius 2 is 1.97 bits per heavy atom. The first-order valence-corrected chi connectivity index (χ1v) is 9.99. The van der Waals surface area contributed by atoms with Crippen molar-refractivity contribution in [3.05, 3.63) is 64.7 Å². The molecule has 1 atom stereocenters. The Kier molecular flexibility index (Phi) is 6.34. The summed E-state index contributed by atoms with van der Waals surface area (Å²) in [6.07, 6.45) is 3.24. The SMILES string of the molecule is O=C(/C=C/c1cc(Cl)c2c(c1)OCO2)NC(CN1CCOCC1)c1ccccc1. The lowest BCUT2D eigenvalue weighted by Crippen LogP contribution is -2.42. The second-order valence-corrected chi connectivity index (χ2v) is 7.36. The Morgan fingerprint density at radius 1 is 1.17 bits per heavy atom. The topological polar surface area (TPSA) is 60.0 Å². The first-order chi connectivity index (χ1) is 14.2. The number of nitrogens with one attached hydrogen (secondary N) is 1. The van der Waals surface area contributed by atoms with Crippen molar-refractivity contribution in [2.75, 3.05) is 39.6 Å². The van der Waals surface area contributed by atoms with Crippen LogP contribution in [0.2, 0.25) is 5.02 Å². The Morgan fingerprint density at radius 3 is 2.76 bits per heavy atom. The fourth-order valence-corrected chi connectivity index (χ4v) is 3.71. The molecule has 1 fully saturated rings. The quantitative estimate of drug-likeness (QED) is 0.735. The number of carbonyl (C=O) groups excluding carboxylic acids is 1. The molecule has 0 aliphatic carbocycles. The van der Waals surface area contributed by atoms with E-state index in [1.165, 1.54) is 6.08 Å². The van der Waals surface area contributed by atoms with Crippen LogP contribution in [-0.2, 0) is 9.53 Å². The minimum absolute atomic E-state index is 0.105. The molecule has 2 aliphatic heterocycles. The predicted molar refractivity (Wildman–Crippen MR) is 111 cm³/mol. The highest BCUT2D eigenvalue weighted by Gasteiger charge is 2.20. The number of carbonyl (C=O) groups is 1. The van der Waals surface area contributed by atoms with E-state index in [-0.39, 0.29) is 18.7 Å². The largest absolute Gasteiger partial charge is 0.454 e. The van der Waals surface area contributed by atoms with Crippen LogP contribution in [0.5, 0.6) is 11.5 Å². The van der Waals surface area contributed by atoms with Gasteiger partial charge in [-0.15, -0.1) is 0 Å². The summed E-state index contributed by atoms with van der Waals surface area (Å²) in [5.41, 5.74) is 1.85. The molecule has 2 aromatic carbocycles. The zero-order valence-corrected chi connectivity index (χ0v) is 16.7. The fraction of sp³-hybridized carbons (Fsp3) is 0.318. The number of fused-ring (bicyclic) bond motifs is 1. The van der Waals surface area contributed by atoms with Crippen molar-refractivity contribution in [1.82, 2.24) is 10.2 Å². The van der Waals surface area contributed by atoms with Crippen LogP contribution in [0.1, 0.15) is 17.2 Å². The van der Waals surface area contributed by atoms with Gasteiger partial charge >= 0.3 is 0 Å². The third-order valence-corrected chi connectivity index (χ3v) is 5.22. The predicted octanol–water partition coefficient (Wildman–Crippen LogP) is 3.27. The summed E-state index contributed by atoms with van der Waals surface area (Å²) in [6, 6.07) is 13.5. The monoisotopic (exact) mass is 414 g/mol. The van der Waals surface area contributed by atoms with Gasteiger partial charge in [0.15, 0.2) is 11.5 Å². The van der Waals surface area contributed by atoms with Crippen LogP contribution in [-0.4, -0.2) is 50.4 Å². The van der Waals surface area contributed by atoms with E-state index in [4.69, 9.17) is 25.8 Å². The smallest absolute Gasteiger partial charge is 0.244 e. The van der Waals surface area contributed by atoms with Gasteiger partial charge in [0.05, 0.1) is 24.3 Å². The van der Waals surface area contributed by atoms with Crippen LogP contribution in [0.3, 0.4) is 0 Å². The van der Waals surface area contributed by atoms with Crippen LogP contribution in [0.4, 0.5) is 0 Å². The minimum atomic E-state index is -0.166. The molecule has 4 rings (SSSR count). The number of hydrogen-bond donors (Lipinski definition) is 1. The standard InChI is InChI=1S/C22H23ClN2O4/c23-18-12-16(13-20-22(18)29-15-28-20)6-7-21(26)24-19(17-4-2-1-3-5-17)14-25-8-10-27-11-9-25/h1-7,12-13,19H,8-11,14-15H2,(H,24,26)/b7-6+. The van der Waals surface area contributed by atoms with E-state index < -0.39 is 0 Å². The maximum absolute atomic E-state index is 12.6. The molecule has 152 valence electrons. The Hall–Kier alpha value is -2.54. The van der Waals surface area contributed by atoms with Crippen molar-refractivity contribution in [1.29, 1.82) is 0 Å². The molecule has 2 aromatic rings. The van der Waals surface area contributed by atoms with E-state index in [0.29, 0.717) is 16.5 Å². The molecule has 2 heterocycles. The van der Waals surface area contributed by atoms with Crippen LogP contribution >= 0.6 is 11.6 Å². The molecule has 1 saturated heterocycles. The van der Waals surface area contributed by atoms with Gasteiger partial charge in [-0.2, -0.15) is 0 Å². The molecule has 1 unspecified atom stereocenters. The molecule has 0 saturated carbocycles. The maximum atomic E-state index is 12.6. The molecule has 0 bridgehead atoms. The number of nitrogens with zero attached hydrogens (tertiary/aromatic N) is 1. The van der Waals surface area contributed by atoms with Gasteiger partial charge < -0.3 is 19.5 Å². The van der Waals surface area contributed by atoms with E-state index in [1.807, 2.05) is 30.3 Å². The maximum Gasteiger partial charge on any atom is 0.244 e. The highest BCUT2D eigenvalue weighted by atomic mass is 35.5. The molecule has 1 amide bonds. The van der Waals surface area contributed by atoms with Gasteiger partial charge in [-0.25, -0.2) is 0 Å². The first kappa shape index (κ1) is 19.8. The summed E-state index contributed by atoms with van der Waals surface area (Å²) in [5, 5.41) is 3.59. The van der Waals surface area contributed by atoms with Gasteiger partial charge in [-0.05, 0) is 29.3 Å². The first-order valence-electron chi connectivity index (χ1n) is 9.62. The van der Waals surface area contributed by atoms with Crippen molar-refractivity contribution < 1.29 is 19.0 Å². The zero-order valence-electron chi connectivity index (χ0n) is 16.0. The number of rotatable bonds is 6. The van der Waals surface area contributed by atoms with Gasteiger partial charge in [-0.3, -0.25) is 9.69 Å². The zero-order chi connectivity index (χ0) is 20.1. The van der Waals surface area contributed by atoms with E-state index in [2.05, 4.69) is 10.2 Å². The summed E-state index contributed by atoms with van der Waals surface area (Å²) in [5.74, 6) is 0.968. The lowest BCUT2D eigenvalue weighted by Gasteiger charge is -2.31. The lowest BCUT2D eigenvalue weighted by molar-refractivity contribution is -0.117. The van der Waals surface area contributed by atoms with Crippen LogP contribution in [0.15, 0.2) is 48.5 Å². The second-order valence-electron chi connectivity index (χ2n) is 6.95. The second kappa shape index (κ2) is 9.31. The number of amides is 1. The minimum Gasteiger partial charge on any atom is -0.454 e. The van der Waals surface area contributed by atoms with Gasteiger partial charge in [0.2, 0.25) is 12.7 Å². The molecule has 1 N–H and O–H groups in total. The van der Waals surface area contributed by atoms with E-state index in [0.717, 1.165) is 44.0 Å². The normalized spacial score (nSPS) is 17.4. The lowest BCUT2D eigenvalue weighted by atomic mass is 10.1. The number of halogens is 1. The number of morpholine rings is 1. The van der Waals surface area contributed by atoms with Gasteiger partial charge in [0.25, 0.3) is 0 Å². The third-order valence-electron chi connectivity index (χ3n) is 4.94. The van der Waals surface area contributed by atoms with Crippen molar-refractivity contribution >= 4 is 23.6 Å². The molecule has 6 nitrogen and oxygen atoms in total. The molecular formula is C22H23ClN2O4. The van der Waals surface area contributed by atoms with Crippen molar-refractivity contribution in [3.8, 4) is 11.5 Å². The van der Waals surface area contributed by atoms with Crippen LogP contribution in [0.25, 0.3) is 6.08 Å². The summed E-state index contributed by atoms with van der Waals surface area (Å²) in [6.45, 7) is 4.07. The van der Waals surface area contributed by atoms with Crippen LogP contribution < -0.4 is 14.8 Å². The third kappa shape index (κ3) is 5.09. The molecular weight excluding hydrogens is 392 g/mol. The number of hydrogen-bond acceptors (Lipinski definition) is 5. The van der Waals surface area contributed by atoms with E-state index >= 15 is 0 Å². The van der Waals surface area contributed by atoms with Crippen molar-refractivity contribution in [2.24, 2.45) is 0 Å². The molecule has 2 aliphatic rings. The highest BCUT2D eigenvalue weighted by molar-refractivity contribution is 6.32. The molecule has 0 spiro atoms. The van der Waals surface area contributed by atoms with Crippen molar-refractivity contribution in [3.63, 3.8) is 0 Å². The summed E-state index contributed by atoms with van der Waals surface area (Å²) < 4.78 is 16.1. The Bertz CT molecular complexity index is 882. The van der Waals surface area contributed by atoms with E-state index in [1.54, 1.807) is 18.2 Å². The van der Waals surface area contributed by atoms with Crippen molar-refractivity contribution in [2.45, 2.75) is 6.04 Å². The average molecular weight is 415 g/mol. The van der Waals surface area contributed by atoms with Gasteiger partial charge in [-0.1, -0.05) is 41.9 Å². The van der Waals surface area contributed by atoms with Gasteiger partial charge in [0, 0.05) is 25.7 Å². The fourth-order valence-electron chi connectivity index (χ4n) is 3.44. The number of benzene rings is 2. The average Bonchev–Trinajstić information content (AvgIpc) is 3.23. The molecule has 7 heteroatoms. The molecule has 29 heavy (non-hydrogen) atoms. The Labute approximate surface area is 175 Å². The van der Waals surface area contributed by atoms with Crippen LogP contribution in [0, 0.1) is 0 Å². The number of ether oxygens (including phenoxy) is 3.